The highest BCUT2D eigenvalue weighted by molar-refractivity contribution is 5.14. The molecule has 1 aromatic rings. The molecule has 20 heavy (non-hydrogen) atoms. The summed E-state index contributed by atoms with van der Waals surface area (Å²) in [4.78, 5) is 5.28. The van der Waals surface area contributed by atoms with Gasteiger partial charge in [0.05, 0.1) is 0 Å². The minimum Gasteiger partial charge on any atom is -0.328 e. The molecule has 0 saturated carbocycles. The molecule has 2 aliphatic rings. The fourth-order valence-electron chi connectivity index (χ4n) is 3.57. The molecule has 0 aliphatic carbocycles. The molecule has 0 unspecified atom stereocenters. The van der Waals surface area contributed by atoms with Crippen LogP contribution in [-0.4, -0.2) is 48.1 Å². The van der Waals surface area contributed by atoms with E-state index in [9.17, 15) is 0 Å². The van der Waals surface area contributed by atoms with Gasteiger partial charge in [-0.3, -0.25) is 4.90 Å². The van der Waals surface area contributed by atoms with Crippen LogP contribution < -0.4 is 5.73 Å². The van der Waals surface area contributed by atoms with Gasteiger partial charge in [-0.2, -0.15) is 0 Å². The van der Waals surface area contributed by atoms with Crippen molar-refractivity contribution >= 4 is 0 Å². The lowest BCUT2D eigenvalue weighted by molar-refractivity contribution is 0.0852. The van der Waals surface area contributed by atoms with Gasteiger partial charge in [0.2, 0.25) is 0 Å². The van der Waals surface area contributed by atoms with Crippen LogP contribution in [0.25, 0.3) is 0 Å². The first-order valence-electron chi connectivity index (χ1n) is 8.07. The van der Waals surface area contributed by atoms with E-state index in [0.717, 1.165) is 12.6 Å². The molecule has 2 heterocycles. The van der Waals surface area contributed by atoms with Gasteiger partial charge in [-0.05, 0) is 57.4 Å². The molecule has 0 spiro atoms. The maximum atomic E-state index is 6.00. The van der Waals surface area contributed by atoms with Gasteiger partial charge in [0, 0.05) is 18.6 Å². The first kappa shape index (κ1) is 14.1. The zero-order valence-corrected chi connectivity index (χ0v) is 12.4. The fraction of sp³-hybridized carbons (Fsp3) is 0.647. The maximum absolute atomic E-state index is 6.00. The SMILES string of the molecule is NC1CCN(C2CCN(Cc3ccccc3)CC2)CC1. The predicted octanol–water partition coefficient (Wildman–Crippen LogP) is 2.07. The van der Waals surface area contributed by atoms with Gasteiger partial charge in [0.25, 0.3) is 0 Å². The molecule has 0 radical (unpaired) electrons. The van der Waals surface area contributed by atoms with Gasteiger partial charge in [-0.25, -0.2) is 0 Å². The van der Waals surface area contributed by atoms with E-state index in [1.165, 1.54) is 57.4 Å². The molecule has 2 N–H and O–H groups in total. The van der Waals surface area contributed by atoms with E-state index >= 15 is 0 Å². The summed E-state index contributed by atoms with van der Waals surface area (Å²) in [6.45, 7) is 6.01. The van der Waals surface area contributed by atoms with Crippen molar-refractivity contribution in [2.75, 3.05) is 26.2 Å². The van der Waals surface area contributed by atoms with Crippen molar-refractivity contribution in [3.63, 3.8) is 0 Å². The van der Waals surface area contributed by atoms with Crippen LogP contribution in [0.15, 0.2) is 30.3 Å². The average Bonchev–Trinajstić information content (AvgIpc) is 2.50. The highest BCUT2D eigenvalue weighted by atomic mass is 15.2. The van der Waals surface area contributed by atoms with Gasteiger partial charge in [0.1, 0.15) is 0 Å². The summed E-state index contributed by atoms with van der Waals surface area (Å²) in [5.41, 5.74) is 7.44. The first-order valence-corrected chi connectivity index (χ1v) is 8.07. The largest absolute Gasteiger partial charge is 0.328 e. The van der Waals surface area contributed by atoms with Gasteiger partial charge < -0.3 is 10.6 Å². The van der Waals surface area contributed by atoms with Gasteiger partial charge in [-0.15, -0.1) is 0 Å². The predicted molar refractivity (Wildman–Crippen MR) is 83.5 cm³/mol. The topological polar surface area (TPSA) is 32.5 Å². The number of hydrogen-bond donors (Lipinski definition) is 1. The Morgan fingerprint density at radius 1 is 0.900 bits per heavy atom. The molecule has 110 valence electrons. The van der Waals surface area contributed by atoms with Crippen molar-refractivity contribution in [2.45, 2.75) is 44.3 Å². The molecule has 3 rings (SSSR count). The monoisotopic (exact) mass is 273 g/mol. The van der Waals surface area contributed by atoms with Crippen molar-refractivity contribution in [1.29, 1.82) is 0 Å². The van der Waals surface area contributed by atoms with E-state index in [1.807, 2.05) is 0 Å². The number of rotatable bonds is 3. The number of nitrogens with two attached hydrogens (primary N) is 1. The van der Waals surface area contributed by atoms with Crippen molar-refractivity contribution in [3.05, 3.63) is 35.9 Å². The Hall–Kier alpha value is -0.900. The lowest BCUT2D eigenvalue weighted by Crippen LogP contribution is -2.49. The van der Waals surface area contributed by atoms with Crippen molar-refractivity contribution in [3.8, 4) is 0 Å². The minimum absolute atomic E-state index is 0.449. The summed E-state index contributed by atoms with van der Waals surface area (Å²) < 4.78 is 0. The lowest BCUT2D eigenvalue weighted by Gasteiger charge is -2.41. The van der Waals surface area contributed by atoms with E-state index in [-0.39, 0.29) is 0 Å². The van der Waals surface area contributed by atoms with Crippen LogP contribution in [0.3, 0.4) is 0 Å². The Morgan fingerprint density at radius 3 is 2.20 bits per heavy atom. The highest BCUT2D eigenvalue weighted by Gasteiger charge is 2.27. The molecule has 3 nitrogen and oxygen atoms in total. The van der Waals surface area contributed by atoms with Crippen LogP contribution in [0.5, 0.6) is 0 Å². The normalized spacial score (nSPS) is 24.1. The van der Waals surface area contributed by atoms with Gasteiger partial charge >= 0.3 is 0 Å². The van der Waals surface area contributed by atoms with E-state index in [4.69, 9.17) is 5.73 Å². The summed E-state index contributed by atoms with van der Waals surface area (Å²) >= 11 is 0. The Morgan fingerprint density at radius 2 is 1.55 bits per heavy atom. The molecule has 1 aromatic carbocycles. The van der Waals surface area contributed by atoms with Crippen molar-refractivity contribution < 1.29 is 0 Å². The van der Waals surface area contributed by atoms with Crippen LogP contribution in [0, 0.1) is 0 Å². The molecule has 0 amide bonds. The van der Waals surface area contributed by atoms with E-state index in [2.05, 4.69) is 40.1 Å². The Bertz CT molecular complexity index is 390. The molecule has 0 bridgehead atoms. The molecule has 2 aliphatic heterocycles. The second kappa shape index (κ2) is 6.70. The third-order valence-corrected chi connectivity index (χ3v) is 4.90. The molecule has 0 aromatic heterocycles. The zero-order chi connectivity index (χ0) is 13.8. The third kappa shape index (κ3) is 3.60. The van der Waals surface area contributed by atoms with E-state index in [0.29, 0.717) is 6.04 Å². The second-order valence-electron chi connectivity index (χ2n) is 6.37. The molecule has 0 atom stereocenters. The maximum Gasteiger partial charge on any atom is 0.0233 e. The summed E-state index contributed by atoms with van der Waals surface area (Å²) in [6.07, 6.45) is 5.01. The zero-order valence-electron chi connectivity index (χ0n) is 12.4. The van der Waals surface area contributed by atoms with Crippen LogP contribution in [0.2, 0.25) is 0 Å². The standard InChI is InChI=1S/C17H27N3/c18-16-6-12-20(13-7-16)17-8-10-19(11-9-17)14-15-4-2-1-3-5-15/h1-5,16-17H,6-14,18H2. The number of nitrogens with zero attached hydrogens (tertiary/aromatic N) is 2. The van der Waals surface area contributed by atoms with Crippen LogP contribution >= 0.6 is 0 Å². The van der Waals surface area contributed by atoms with Crippen molar-refractivity contribution in [2.24, 2.45) is 5.73 Å². The Labute approximate surface area is 122 Å². The molecule has 2 saturated heterocycles. The molecular weight excluding hydrogens is 246 g/mol. The molecule has 2 fully saturated rings. The third-order valence-electron chi connectivity index (χ3n) is 4.90. The smallest absolute Gasteiger partial charge is 0.0233 e. The summed E-state index contributed by atoms with van der Waals surface area (Å²) in [5.74, 6) is 0. The van der Waals surface area contributed by atoms with Crippen LogP contribution in [0.1, 0.15) is 31.2 Å². The van der Waals surface area contributed by atoms with Crippen molar-refractivity contribution in [1.82, 2.24) is 9.80 Å². The molecular formula is C17H27N3. The fourth-order valence-corrected chi connectivity index (χ4v) is 3.57. The summed E-state index contributed by atoms with van der Waals surface area (Å²) in [5, 5.41) is 0. The number of benzene rings is 1. The average molecular weight is 273 g/mol. The van der Waals surface area contributed by atoms with E-state index < -0.39 is 0 Å². The summed E-state index contributed by atoms with van der Waals surface area (Å²) in [7, 11) is 0. The number of piperidine rings is 2. The van der Waals surface area contributed by atoms with Crippen LogP contribution in [0.4, 0.5) is 0 Å². The molecule has 3 heteroatoms. The number of likely N-dealkylation sites (tertiary alicyclic amines) is 2. The van der Waals surface area contributed by atoms with E-state index in [1.54, 1.807) is 0 Å². The number of hydrogen-bond acceptors (Lipinski definition) is 3. The summed E-state index contributed by atoms with van der Waals surface area (Å²) in [6, 6.07) is 12.1. The quantitative estimate of drug-likeness (QED) is 0.915. The minimum atomic E-state index is 0.449. The second-order valence-corrected chi connectivity index (χ2v) is 6.37. The Balaban J connectivity index is 1.45. The van der Waals surface area contributed by atoms with Gasteiger partial charge in [-0.1, -0.05) is 30.3 Å². The lowest BCUT2D eigenvalue weighted by atomic mass is 9.98. The highest BCUT2D eigenvalue weighted by Crippen LogP contribution is 2.21. The Kier molecular flexibility index (Phi) is 4.71. The van der Waals surface area contributed by atoms with Crippen LogP contribution in [-0.2, 0) is 6.54 Å². The van der Waals surface area contributed by atoms with Gasteiger partial charge in [0.15, 0.2) is 0 Å². The first-order chi connectivity index (χ1) is 9.81.